The third kappa shape index (κ3) is 1.83. The first-order chi connectivity index (χ1) is 12.9. The molecule has 26 heavy (non-hydrogen) atoms. The molecule has 122 valence electrons. The minimum atomic E-state index is 1.02. The number of hydrogen-bond donors (Lipinski definition) is 0. The van der Waals surface area contributed by atoms with Gasteiger partial charge in [0.05, 0.1) is 21.3 Å². The number of para-hydroxylation sites is 2. The summed E-state index contributed by atoms with van der Waals surface area (Å²) < 4.78 is 3.55. The van der Waals surface area contributed by atoms with Crippen LogP contribution in [-0.4, -0.2) is 9.55 Å². The number of nitrogens with zero attached hydrogens (tertiary/aromatic N) is 2. The molecule has 2 nitrogen and oxygen atoms in total. The summed E-state index contributed by atoms with van der Waals surface area (Å²) in [5, 5.41) is 6.09. The zero-order valence-corrected chi connectivity index (χ0v) is 14.7. The predicted molar refractivity (Wildman–Crippen MR) is 111 cm³/mol. The average Bonchev–Trinajstić information content (AvgIpc) is 3.26. The van der Waals surface area contributed by atoms with Gasteiger partial charge >= 0.3 is 0 Å². The zero-order chi connectivity index (χ0) is 17.1. The Kier molecular flexibility index (Phi) is 2.79. The molecule has 0 bridgehead atoms. The monoisotopic (exact) mass is 350 g/mol. The maximum atomic E-state index is 4.94. The number of aromatic nitrogens is 2. The quantitative estimate of drug-likeness (QED) is 0.329. The molecule has 0 amide bonds. The summed E-state index contributed by atoms with van der Waals surface area (Å²) in [7, 11) is 0. The van der Waals surface area contributed by atoms with Gasteiger partial charge in [-0.05, 0) is 23.6 Å². The molecule has 0 radical (unpaired) electrons. The minimum absolute atomic E-state index is 1.02. The molecule has 0 unspecified atom stereocenters. The van der Waals surface area contributed by atoms with E-state index in [9.17, 15) is 0 Å². The van der Waals surface area contributed by atoms with Gasteiger partial charge in [-0.1, -0.05) is 78.1 Å². The number of fused-ring (bicyclic) bond motifs is 6. The van der Waals surface area contributed by atoms with Gasteiger partial charge in [-0.15, -0.1) is 0 Å². The largest absolute Gasteiger partial charge is 0.285 e. The van der Waals surface area contributed by atoms with Crippen LogP contribution in [0.5, 0.6) is 0 Å². The van der Waals surface area contributed by atoms with Crippen LogP contribution in [-0.2, 0) is 0 Å². The second-order valence-corrected chi connectivity index (χ2v) is 7.51. The molecular formula is C23H14N2S. The van der Waals surface area contributed by atoms with E-state index in [0.29, 0.717) is 0 Å². The molecule has 0 N–H and O–H groups in total. The fourth-order valence-corrected chi connectivity index (χ4v) is 4.87. The lowest BCUT2D eigenvalue weighted by atomic mass is 10.1. The first kappa shape index (κ1) is 14.0. The van der Waals surface area contributed by atoms with Crippen LogP contribution in [0.25, 0.3) is 47.9 Å². The van der Waals surface area contributed by atoms with Crippen LogP contribution >= 0.6 is 11.3 Å². The van der Waals surface area contributed by atoms with Crippen molar-refractivity contribution in [3.63, 3.8) is 0 Å². The molecule has 3 heteroatoms. The van der Waals surface area contributed by atoms with Crippen molar-refractivity contribution >= 4 is 54.1 Å². The molecule has 0 atom stereocenters. The smallest absolute Gasteiger partial charge is 0.195 e. The average molecular weight is 350 g/mol. The van der Waals surface area contributed by atoms with Gasteiger partial charge in [-0.2, -0.15) is 0 Å². The van der Waals surface area contributed by atoms with Crippen molar-refractivity contribution in [2.75, 3.05) is 0 Å². The van der Waals surface area contributed by atoms with E-state index in [4.69, 9.17) is 4.98 Å². The third-order valence-electron chi connectivity index (χ3n) is 5.03. The highest BCUT2D eigenvalue weighted by Crippen LogP contribution is 2.38. The first-order valence-electron chi connectivity index (χ1n) is 8.67. The van der Waals surface area contributed by atoms with Crippen molar-refractivity contribution in [3.05, 3.63) is 84.9 Å². The summed E-state index contributed by atoms with van der Waals surface area (Å²) in [5.41, 5.74) is 3.50. The third-order valence-corrected chi connectivity index (χ3v) is 6.05. The molecule has 0 fully saturated rings. The predicted octanol–water partition coefficient (Wildman–Crippen LogP) is 6.55. The maximum Gasteiger partial charge on any atom is 0.195 e. The van der Waals surface area contributed by atoms with E-state index in [2.05, 4.69) is 83.4 Å². The lowest BCUT2D eigenvalue weighted by Crippen LogP contribution is -1.93. The fourth-order valence-electron chi connectivity index (χ4n) is 3.88. The Balaban J connectivity index is 1.87. The first-order valence-corrected chi connectivity index (χ1v) is 9.49. The Hall–Kier alpha value is -3.17. The summed E-state index contributed by atoms with van der Waals surface area (Å²) >= 11 is 1.75. The van der Waals surface area contributed by atoms with Crippen LogP contribution in [0, 0.1) is 0 Å². The molecule has 0 spiro atoms. The van der Waals surface area contributed by atoms with Gasteiger partial charge in [-0.3, -0.25) is 4.57 Å². The number of benzene rings is 4. The van der Waals surface area contributed by atoms with E-state index in [-0.39, 0.29) is 0 Å². The van der Waals surface area contributed by atoms with Crippen molar-refractivity contribution in [3.8, 4) is 5.13 Å². The summed E-state index contributed by atoms with van der Waals surface area (Å²) in [6, 6.07) is 30.0. The van der Waals surface area contributed by atoms with E-state index < -0.39 is 0 Å². The highest BCUT2D eigenvalue weighted by Gasteiger charge is 2.16. The van der Waals surface area contributed by atoms with Gasteiger partial charge in [0, 0.05) is 16.2 Å². The molecule has 0 aliphatic rings. The van der Waals surface area contributed by atoms with Crippen molar-refractivity contribution in [1.82, 2.24) is 9.55 Å². The van der Waals surface area contributed by atoms with Gasteiger partial charge in [0.15, 0.2) is 5.13 Å². The fraction of sp³-hybridized carbons (Fsp3) is 0. The summed E-state index contributed by atoms with van der Waals surface area (Å²) in [6.07, 6.45) is 0. The lowest BCUT2D eigenvalue weighted by Gasteiger charge is -2.06. The summed E-state index contributed by atoms with van der Waals surface area (Å²) in [5.74, 6) is 0. The Labute approximate surface area is 153 Å². The van der Waals surface area contributed by atoms with Gasteiger partial charge < -0.3 is 0 Å². The van der Waals surface area contributed by atoms with Gasteiger partial charge in [-0.25, -0.2) is 4.98 Å². The van der Waals surface area contributed by atoms with Crippen LogP contribution in [0.3, 0.4) is 0 Å². The number of thiazole rings is 1. The molecule has 2 aromatic heterocycles. The van der Waals surface area contributed by atoms with E-state index >= 15 is 0 Å². The molecular weight excluding hydrogens is 336 g/mol. The van der Waals surface area contributed by atoms with E-state index in [1.807, 2.05) is 6.07 Å². The highest BCUT2D eigenvalue weighted by atomic mass is 32.1. The van der Waals surface area contributed by atoms with Crippen LogP contribution in [0.1, 0.15) is 0 Å². The topological polar surface area (TPSA) is 17.8 Å². The lowest BCUT2D eigenvalue weighted by molar-refractivity contribution is 1.15. The highest BCUT2D eigenvalue weighted by molar-refractivity contribution is 7.20. The normalized spacial score (nSPS) is 11.8. The number of rotatable bonds is 1. The molecule has 4 aromatic carbocycles. The van der Waals surface area contributed by atoms with E-state index in [1.54, 1.807) is 11.3 Å². The Morgan fingerprint density at radius 2 is 1.42 bits per heavy atom. The van der Waals surface area contributed by atoms with Crippen LogP contribution in [0.4, 0.5) is 0 Å². The van der Waals surface area contributed by atoms with Gasteiger partial charge in [0.25, 0.3) is 0 Å². The molecule has 0 saturated carbocycles. The van der Waals surface area contributed by atoms with E-state index in [0.717, 1.165) is 10.6 Å². The van der Waals surface area contributed by atoms with Crippen LogP contribution < -0.4 is 0 Å². The van der Waals surface area contributed by atoms with Crippen molar-refractivity contribution < 1.29 is 0 Å². The van der Waals surface area contributed by atoms with Gasteiger partial charge in [0.2, 0.25) is 0 Å². The van der Waals surface area contributed by atoms with Crippen LogP contribution in [0.2, 0.25) is 0 Å². The maximum absolute atomic E-state index is 4.94. The Morgan fingerprint density at radius 3 is 2.35 bits per heavy atom. The SMILES string of the molecule is c1ccc2c(c1)ccc1c3ccccc3n(-c3nc4ccccc4s3)c21. The van der Waals surface area contributed by atoms with Crippen molar-refractivity contribution in [2.45, 2.75) is 0 Å². The second-order valence-electron chi connectivity index (χ2n) is 6.50. The van der Waals surface area contributed by atoms with Crippen LogP contribution in [0.15, 0.2) is 84.9 Å². The van der Waals surface area contributed by atoms with E-state index in [1.165, 1.54) is 37.3 Å². The summed E-state index contributed by atoms with van der Waals surface area (Å²) in [6.45, 7) is 0. The summed E-state index contributed by atoms with van der Waals surface area (Å²) in [4.78, 5) is 4.94. The molecule has 0 saturated heterocycles. The molecule has 6 rings (SSSR count). The molecule has 2 heterocycles. The standard InChI is InChI=1S/C23H14N2S/c1-2-8-16-15(7-1)13-14-18-17-9-3-5-11-20(17)25(22(16)18)23-24-19-10-4-6-12-21(19)26-23/h1-14H. The Morgan fingerprint density at radius 1 is 0.654 bits per heavy atom. The number of hydrogen-bond acceptors (Lipinski definition) is 2. The Bertz CT molecular complexity index is 1410. The van der Waals surface area contributed by atoms with Crippen molar-refractivity contribution in [1.29, 1.82) is 0 Å². The molecule has 0 aliphatic heterocycles. The zero-order valence-electron chi connectivity index (χ0n) is 13.9. The second kappa shape index (κ2) is 5.16. The molecule has 0 aliphatic carbocycles. The minimum Gasteiger partial charge on any atom is -0.285 e. The molecule has 6 aromatic rings. The van der Waals surface area contributed by atoms with Gasteiger partial charge in [0.1, 0.15) is 0 Å². The van der Waals surface area contributed by atoms with Crippen molar-refractivity contribution in [2.24, 2.45) is 0 Å².